The molecular weight excluding hydrogens is 312 g/mol. The smallest absolute Gasteiger partial charge is 0.00320 e. The normalized spacial score (nSPS) is 21.9. The SMILES string of the molecule is CC1=C(C)C(C)c2c(C)c(C)c3c4c(c(C)c(C)c1c24)C(C)=C(C)C3C. The molecule has 0 nitrogen and oxygen atoms in total. The summed E-state index contributed by atoms with van der Waals surface area (Å²) in [5.74, 6) is 1.01. The van der Waals surface area contributed by atoms with Crippen molar-refractivity contribution in [1.82, 2.24) is 0 Å². The molecule has 0 bridgehead atoms. The monoisotopic (exact) mass is 344 g/mol. The van der Waals surface area contributed by atoms with E-state index in [9.17, 15) is 0 Å². The van der Waals surface area contributed by atoms with Crippen molar-refractivity contribution in [2.24, 2.45) is 0 Å². The minimum atomic E-state index is 0.507. The van der Waals surface area contributed by atoms with Crippen LogP contribution in [0.5, 0.6) is 0 Å². The molecule has 0 amide bonds. The zero-order chi connectivity index (χ0) is 19.2. The lowest BCUT2D eigenvalue weighted by atomic mass is 9.67. The maximum atomic E-state index is 2.40. The van der Waals surface area contributed by atoms with Gasteiger partial charge in [0.1, 0.15) is 0 Å². The molecule has 2 aromatic rings. The Bertz CT molecular complexity index is 983. The summed E-state index contributed by atoms with van der Waals surface area (Å²) in [5.41, 5.74) is 18.3. The van der Waals surface area contributed by atoms with Crippen LogP contribution in [0.3, 0.4) is 0 Å². The van der Waals surface area contributed by atoms with Crippen LogP contribution in [0.2, 0.25) is 0 Å². The molecule has 2 atom stereocenters. The maximum Gasteiger partial charge on any atom is 0.00320 e. The Morgan fingerprint density at radius 1 is 0.462 bits per heavy atom. The standard InChI is InChI=1S/C26H32/c1-11-13(3)21-17(7)19(9)23-15(5)12(2)16(6)24-20(10)18(8)22(14(11)4)25(21)26(23)24/h13,15H,1-10H3. The fraction of sp³-hybridized carbons (Fsp3) is 0.462. The molecule has 2 aliphatic rings. The number of hydrogen-bond donors (Lipinski definition) is 0. The Morgan fingerprint density at radius 2 is 0.769 bits per heavy atom. The third kappa shape index (κ3) is 1.81. The summed E-state index contributed by atoms with van der Waals surface area (Å²) in [7, 11) is 0. The van der Waals surface area contributed by atoms with E-state index in [1.807, 2.05) is 0 Å². The van der Waals surface area contributed by atoms with Crippen molar-refractivity contribution in [3.8, 4) is 0 Å². The maximum absolute atomic E-state index is 2.40. The minimum absolute atomic E-state index is 0.507. The first-order chi connectivity index (χ1) is 12.1. The molecule has 2 aromatic carbocycles. The van der Waals surface area contributed by atoms with E-state index in [0.29, 0.717) is 11.8 Å². The van der Waals surface area contributed by atoms with E-state index in [1.165, 1.54) is 55.7 Å². The van der Waals surface area contributed by atoms with Crippen molar-refractivity contribution in [3.63, 3.8) is 0 Å². The highest BCUT2D eigenvalue weighted by Crippen LogP contribution is 2.54. The van der Waals surface area contributed by atoms with Crippen LogP contribution in [0.4, 0.5) is 0 Å². The second kappa shape index (κ2) is 5.35. The molecule has 2 aliphatic carbocycles. The molecule has 0 aromatic heterocycles. The fourth-order valence-electron chi connectivity index (χ4n) is 5.81. The molecule has 0 heteroatoms. The number of rotatable bonds is 0. The highest BCUT2D eigenvalue weighted by molar-refractivity contribution is 6.10. The number of allylic oxidation sites excluding steroid dienone is 4. The van der Waals surface area contributed by atoms with Gasteiger partial charge in [0, 0.05) is 11.8 Å². The van der Waals surface area contributed by atoms with Gasteiger partial charge in [-0.05, 0) is 122 Å². The minimum Gasteiger partial charge on any atom is -0.0625 e. The summed E-state index contributed by atoms with van der Waals surface area (Å²) >= 11 is 0. The summed E-state index contributed by atoms with van der Waals surface area (Å²) in [4.78, 5) is 0. The van der Waals surface area contributed by atoms with Crippen molar-refractivity contribution >= 4 is 21.9 Å². The number of hydrogen-bond acceptors (Lipinski definition) is 0. The van der Waals surface area contributed by atoms with Gasteiger partial charge in [-0.15, -0.1) is 0 Å². The van der Waals surface area contributed by atoms with Gasteiger partial charge < -0.3 is 0 Å². The average Bonchev–Trinajstić information content (AvgIpc) is 2.60. The average molecular weight is 345 g/mol. The molecule has 136 valence electrons. The second-order valence-corrected chi connectivity index (χ2v) is 8.89. The van der Waals surface area contributed by atoms with Gasteiger partial charge >= 0.3 is 0 Å². The van der Waals surface area contributed by atoms with Crippen LogP contribution in [0.15, 0.2) is 11.1 Å². The third-order valence-electron chi connectivity index (χ3n) is 8.07. The van der Waals surface area contributed by atoms with Crippen molar-refractivity contribution in [2.45, 2.75) is 81.1 Å². The van der Waals surface area contributed by atoms with E-state index in [0.717, 1.165) is 0 Å². The number of benzene rings is 2. The molecule has 0 aliphatic heterocycles. The van der Waals surface area contributed by atoms with Gasteiger partial charge in [0.05, 0.1) is 0 Å². The van der Waals surface area contributed by atoms with Crippen LogP contribution >= 0.6 is 0 Å². The van der Waals surface area contributed by atoms with Crippen LogP contribution < -0.4 is 0 Å². The van der Waals surface area contributed by atoms with E-state index >= 15 is 0 Å². The summed E-state index contributed by atoms with van der Waals surface area (Å²) < 4.78 is 0. The molecule has 0 fully saturated rings. The first kappa shape index (κ1) is 17.6. The van der Waals surface area contributed by atoms with Crippen LogP contribution in [0, 0.1) is 27.7 Å². The van der Waals surface area contributed by atoms with Gasteiger partial charge in [-0.1, -0.05) is 25.0 Å². The van der Waals surface area contributed by atoms with Crippen molar-refractivity contribution in [2.75, 3.05) is 0 Å². The lowest BCUT2D eigenvalue weighted by Crippen LogP contribution is -2.18. The van der Waals surface area contributed by atoms with Gasteiger partial charge in [-0.3, -0.25) is 0 Å². The summed E-state index contributed by atoms with van der Waals surface area (Å²) in [5, 5.41) is 3.13. The Morgan fingerprint density at radius 3 is 1.08 bits per heavy atom. The summed E-state index contributed by atoms with van der Waals surface area (Å²) in [6.45, 7) is 23.6. The highest BCUT2D eigenvalue weighted by Gasteiger charge is 2.34. The first-order valence-electron chi connectivity index (χ1n) is 10.1. The fourth-order valence-corrected chi connectivity index (χ4v) is 5.81. The summed E-state index contributed by atoms with van der Waals surface area (Å²) in [6, 6.07) is 0. The Hall–Kier alpha value is -1.82. The predicted molar refractivity (Wildman–Crippen MR) is 116 cm³/mol. The molecular formula is C26H32. The molecule has 0 heterocycles. The van der Waals surface area contributed by atoms with E-state index < -0.39 is 0 Å². The molecule has 0 N–H and O–H groups in total. The quantitative estimate of drug-likeness (QED) is 0.455. The van der Waals surface area contributed by atoms with Crippen molar-refractivity contribution in [3.05, 3.63) is 55.7 Å². The lowest BCUT2D eigenvalue weighted by molar-refractivity contribution is 0.856. The first-order valence-corrected chi connectivity index (χ1v) is 10.1. The largest absolute Gasteiger partial charge is 0.0625 e. The molecule has 0 saturated heterocycles. The zero-order valence-corrected chi connectivity index (χ0v) is 18.2. The molecule has 26 heavy (non-hydrogen) atoms. The Labute approximate surface area is 159 Å². The summed E-state index contributed by atoms with van der Waals surface area (Å²) in [6.07, 6.45) is 0. The molecule has 0 saturated carbocycles. The highest BCUT2D eigenvalue weighted by atomic mass is 14.4. The van der Waals surface area contributed by atoms with Gasteiger partial charge in [0.15, 0.2) is 0 Å². The molecule has 0 radical (unpaired) electrons. The van der Waals surface area contributed by atoms with E-state index in [-0.39, 0.29) is 0 Å². The molecule has 0 spiro atoms. The van der Waals surface area contributed by atoms with Crippen molar-refractivity contribution in [1.29, 1.82) is 0 Å². The zero-order valence-electron chi connectivity index (χ0n) is 18.2. The third-order valence-corrected chi connectivity index (χ3v) is 8.07. The molecule has 2 unspecified atom stereocenters. The van der Waals surface area contributed by atoms with Gasteiger partial charge in [0.2, 0.25) is 0 Å². The second-order valence-electron chi connectivity index (χ2n) is 8.89. The van der Waals surface area contributed by atoms with Crippen LogP contribution in [-0.4, -0.2) is 0 Å². The van der Waals surface area contributed by atoms with E-state index in [1.54, 1.807) is 21.9 Å². The Balaban J connectivity index is 2.42. The topological polar surface area (TPSA) is 0 Å². The van der Waals surface area contributed by atoms with Crippen molar-refractivity contribution < 1.29 is 0 Å². The van der Waals surface area contributed by atoms with Crippen LogP contribution in [0.25, 0.3) is 21.9 Å². The molecule has 4 rings (SSSR count). The van der Waals surface area contributed by atoms with E-state index in [4.69, 9.17) is 0 Å². The van der Waals surface area contributed by atoms with E-state index in [2.05, 4.69) is 69.2 Å². The van der Waals surface area contributed by atoms with Gasteiger partial charge in [0.25, 0.3) is 0 Å². The van der Waals surface area contributed by atoms with Crippen LogP contribution in [0.1, 0.15) is 97.9 Å². The lowest BCUT2D eigenvalue weighted by Gasteiger charge is -2.37. The van der Waals surface area contributed by atoms with Crippen LogP contribution in [-0.2, 0) is 0 Å². The Kier molecular flexibility index (Phi) is 3.62. The van der Waals surface area contributed by atoms with Gasteiger partial charge in [-0.2, -0.15) is 0 Å². The van der Waals surface area contributed by atoms with Gasteiger partial charge in [-0.25, -0.2) is 0 Å². The predicted octanol–water partition coefficient (Wildman–Crippen LogP) is 7.89.